The van der Waals surface area contributed by atoms with Crippen molar-refractivity contribution in [2.24, 2.45) is 0 Å². The second kappa shape index (κ2) is 8.32. The summed E-state index contributed by atoms with van der Waals surface area (Å²) in [6, 6.07) is 0. The van der Waals surface area contributed by atoms with Gasteiger partial charge < -0.3 is 0 Å². The Bertz CT molecular complexity index is 397. The molecule has 0 spiro atoms. The van der Waals surface area contributed by atoms with Gasteiger partial charge in [0.2, 0.25) is 0 Å². The summed E-state index contributed by atoms with van der Waals surface area (Å²) < 4.78 is 28.0. The first-order valence-corrected chi connectivity index (χ1v) is 8.25. The maximum atomic E-state index is 12.6. The molecule has 19 heavy (non-hydrogen) atoms. The van der Waals surface area contributed by atoms with Gasteiger partial charge in [0, 0.05) is 25.0 Å². The Balaban J connectivity index is 2.91. The van der Waals surface area contributed by atoms with Gasteiger partial charge in [-0.2, -0.15) is 5.10 Å². The third kappa shape index (κ3) is 4.79. The Kier molecular flexibility index (Phi) is 7.46. The smallest absolute Gasteiger partial charge is 0.251 e. The Hall–Kier alpha value is -0.0100. The van der Waals surface area contributed by atoms with Crippen LogP contribution in [-0.2, 0) is 19.5 Å². The summed E-state index contributed by atoms with van der Waals surface area (Å²) in [5.74, 6) is 0. The molecule has 0 fully saturated rings. The van der Waals surface area contributed by atoms with E-state index in [-0.39, 0.29) is 6.54 Å². The summed E-state index contributed by atoms with van der Waals surface area (Å²) in [7, 11) is 0. The van der Waals surface area contributed by atoms with Gasteiger partial charge in [-0.3, -0.25) is 9.58 Å². The van der Waals surface area contributed by atoms with Gasteiger partial charge >= 0.3 is 0 Å². The highest BCUT2D eigenvalue weighted by Gasteiger charge is 2.18. The molecule has 0 amide bonds. The van der Waals surface area contributed by atoms with E-state index in [1.54, 1.807) is 4.90 Å². The molecule has 0 saturated carbocycles. The van der Waals surface area contributed by atoms with Crippen molar-refractivity contribution in [3.05, 3.63) is 15.9 Å². The standard InChI is InChI=1S/C12H19Br2F2N3/c1-3-9-12(14)10(19(4-2)17-9)7-18(6-5-13)8-11(15)16/h11H,3-8H2,1-2H3. The molecule has 3 nitrogen and oxygen atoms in total. The van der Waals surface area contributed by atoms with Crippen LogP contribution in [0, 0.1) is 0 Å². The van der Waals surface area contributed by atoms with Crippen LogP contribution in [0.25, 0.3) is 0 Å². The molecule has 0 aliphatic rings. The van der Waals surface area contributed by atoms with Crippen molar-refractivity contribution in [1.82, 2.24) is 14.7 Å². The molecule has 0 radical (unpaired) electrons. The lowest BCUT2D eigenvalue weighted by molar-refractivity contribution is 0.0867. The monoisotopic (exact) mass is 401 g/mol. The van der Waals surface area contributed by atoms with E-state index in [4.69, 9.17) is 0 Å². The van der Waals surface area contributed by atoms with E-state index in [2.05, 4.69) is 37.0 Å². The topological polar surface area (TPSA) is 21.1 Å². The molecule has 0 aromatic carbocycles. The minimum absolute atomic E-state index is 0.214. The van der Waals surface area contributed by atoms with Gasteiger partial charge in [-0.05, 0) is 29.3 Å². The summed E-state index contributed by atoms with van der Waals surface area (Å²) in [6.07, 6.45) is -1.49. The van der Waals surface area contributed by atoms with Crippen LogP contribution < -0.4 is 0 Å². The second-order valence-electron chi connectivity index (χ2n) is 4.19. The van der Waals surface area contributed by atoms with Crippen LogP contribution in [0.1, 0.15) is 25.2 Å². The lowest BCUT2D eigenvalue weighted by atomic mass is 10.3. The average molecular weight is 403 g/mol. The predicted molar refractivity (Wildman–Crippen MR) is 80.1 cm³/mol. The lowest BCUT2D eigenvalue weighted by Gasteiger charge is -2.21. The van der Waals surface area contributed by atoms with Crippen molar-refractivity contribution in [3.8, 4) is 0 Å². The summed E-state index contributed by atoms with van der Waals surface area (Å²) in [5, 5.41) is 5.16. The largest absolute Gasteiger partial charge is 0.291 e. The predicted octanol–water partition coefficient (Wildman–Crippen LogP) is 3.69. The zero-order valence-electron chi connectivity index (χ0n) is 11.2. The molecule has 0 atom stereocenters. The van der Waals surface area contributed by atoms with Crippen molar-refractivity contribution in [3.63, 3.8) is 0 Å². The van der Waals surface area contributed by atoms with E-state index >= 15 is 0 Å². The third-order valence-corrected chi connectivity index (χ3v) is 4.13. The SMILES string of the molecule is CCc1nn(CC)c(CN(CCBr)CC(F)F)c1Br. The van der Waals surface area contributed by atoms with E-state index in [0.29, 0.717) is 18.4 Å². The van der Waals surface area contributed by atoms with E-state index in [1.807, 2.05) is 18.5 Å². The highest BCUT2D eigenvalue weighted by Crippen LogP contribution is 2.24. The molecule has 7 heteroatoms. The molecule has 1 rings (SSSR count). The van der Waals surface area contributed by atoms with Crippen molar-refractivity contribution in [1.29, 1.82) is 0 Å². The first-order chi connectivity index (χ1) is 9.03. The highest BCUT2D eigenvalue weighted by molar-refractivity contribution is 9.10. The Labute approximate surface area is 129 Å². The number of hydrogen-bond donors (Lipinski definition) is 0. The van der Waals surface area contributed by atoms with Crippen LogP contribution in [0.15, 0.2) is 4.47 Å². The molecule has 0 N–H and O–H groups in total. The van der Waals surface area contributed by atoms with Gasteiger partial charge in [0.1, 0.15) is 0 Å². The minimum atomic E-state index is -2.32. The fourth-order valence-corrected chi connectivity index (χ4v) is 3.12. The van der Waals surface area contributed by atoms with Gasteiger partial charge in [0.25, 0.3) is 6.43 Å². The number of aromatic nitrogens is 2. The number of alkyl halides is 3. The van der Waals surface area contributed by atoms with Gasteiger partial charge in [0.15, 0.2) is 0 Å². The maximum absolute atomic E-state index is 12.6. The van der Waals surface area contributed by atoms with Gasteiger partial charge in [-0.25, -0.2) is 8.78 Å². The molecule has 1 aromatic rings. The van der Waals surface area contributed by atoms with E-state index in [0.717, 1.165) is 28.8 Å². The van der Waals surface area contributed by atoms with Crippen LogP contribution in [0.4, 0.5) is 8.78 Å². The summed E-state index contributed by atoms with van der Waals surface area (Å²) in [6.45, 7) is 5.64. The lowest BCUT2D eigenvalue weighted by Crippen LogP contribution is -2.31. The summed E-state index contributed by atoms with van der Waals surface area (Å²) in [5.41, 5.74) is 1.95. The zero-order valence-corrected chi connectivity index (χ0v) is 14.3. The van der Waals surface area contributed by atoms with E-state index in [1.165, 1.54) is 0 Å². The fraction of sp³-hybridized carbons (Fsp3) is 0.750. The molecule has 0 bridgehead atoms. The van der Waals surface area contributed by atoms with Gasteiger partial charge in [-0.1, -0.05) is 22.9 Å². The number of nitrogens with zero attached hydrogens (tertiary/aromatic N) is 3. The quantitative estimate of drug-likeness (QED) is 0.618. The van der Waals surface area contributed by atoms with Crippen LogP contribution >= 0.6 is 31.9 Å². The molecular formula is C12H19Br2F2N3. The summed E-state index contributed by atoms with van der Waals surface area (Å²) >= 11 is 6.85. The Morgan fingerprint density at radius 1 is 1.37 bits per heavy atom. The van der Waals surface area contributed by atoms with E-state index in [9.17, 15) is 8.78 Å². The average Bonchev–Trinajstić information content (AvgIpc) is 2.66. The van der Waals surface area contributed by atoms with Crippen molar-refractivity contribution in [2.75, 3.05) is 18.4 Å². The molecule has 1 aromatic heterocycles. The maximum Gasteiger partial charge on any atom is 0.251 e. The van der Waals surface area contributed by atoms with Crippen LogP contribution in [-0.4, -0.2) is 39.5 Å². The fourth-order valence-electron chi connectivity index (χ4n) is 1.93. The minimum Gasteiger partial charge on any atom is -0.291 e. The number of rotatable bonds is 8. The third-order valence-electron chi connectivity index (χ3n) is 2.86. The summed E-state index contributed by atoms with van der Waals surface area (Å²) in [4.78, 5) is 1.74. The number of halogens is 4. The Morgan fingerprint density at radius 2 is 2.05 bits per heavy atom. The number of aryl methyl sites for hydroxylation is 2. The van der Waals surface area contributed by atoms with Crippen LogP contribution in [0.3, 0.4) is 0 Å². The molecule has 0 aliphatic heterocycles. The van der Waals surface area contributed by atoms with Crippen molar-refractivity contribution < 1.29 is 8.78 Å². The van der Waals surface area contributed by atoms with Crippen molar-refractivity contribution in [2.45, 2.75) is 39.8 Å². The van der Waals surface area contributed by atoms with Crippen LogP contribution in [0.2, 0.25) is 0 Å². The Morgan fingerprint density at radius 3 is 2.53 bits per heavy atom. The van der Waals surface area contributed by atoms with Gasteiger partial charge in [-0.15, -0.1) is 0 Å². The zero-order chi connectivity index (χ0) is 14.4. The molecule has 0 saturated heterocycles. The normalized spacial score (nSPS) is 11.8. The molecule has 110 valence electrons. The first kappa shape index (κ1) is 17.0. The molecular weight excluding hydrogens is 384 g/mol. The highest BCUT2D eigenvalue weighted by atomic mass is 79.9. The van der Waals surface area contributed by atoms with Crippen LogP contribution in [0.5, 0.6) is 0 Å². The second-order valence-corrected chi connectivity index (χ2v) is 5.78. The van der Waals surface area contributed by atoms with Gasteiger partial charge in [0.05, 0.1) is 22.4 Å². The van der Waals surface area contributed by atoms with E-state index < -0.39 is 6.43 Å². The molecule has 0 aliphatic carbocycles. The number of hydrogen-bond acceptors (Lipinski definition) is 2. The van der Waals surface area contributed by atoms with Crippen molar-refractivity contribution >= 4 is 31.9 Å². The molecule has 0 unspecified atom stereocenters. The molecule has 1 heterocycles. The first-order valence-electron chi connectivity index (χ1n) is 6.33.